The molecule has 2 amide bonds. The van der Waals surface area contributed by atoms with Gasteiger partial charge in [0.25, 0.3) is 0 Å². The fraction of sp³-hybridized carbons (Fsp3) is 0.727. The van der Waals surface area contributed by atoms with Crippen LogP contribution in [0.2, 0.25) is 0 Å². The van der Waals surface area contributed by atoms with Gasteiger partial charge in [-0.05, 0) is 20.8 Å². The largest absolute Gasteiger partial charge is 0.445 e. The topological polar surface area (TPSA) is 84.9 Å². The van der Waals surface area contributed by atoms with Crippen LogP contribution in [0.15, 0.2) is 0 Å². The molecule has 0 fully saturated rings. The molecule has 0 rings (SSSR count). The standard InChI is InChI=1S/C11H20N2O5/c1-8(14)17-7-12-9(15)6-13(5)10(16)18-11(2,3)4/h6-7H2,1-5H3,(H,12,15). The van der Waals surface area contributed by atoms with Crippen molar-refractivity contribution >= 4 is 18.0 Å². The van der Waals surface area contributed by atoms with E-state index in [-0.39, 0.29) is 13.3 Å². The number of hydrogen-bond donors (Lipinski definition) is 1. The summed E-state index contributed by atoms with van der Waals surface area (Å²) in [7, 11) is 1.44. The van der Waals surface area contributed by atoms with Gasteiger partial charge in [0, 0.05) is 14.0 Å². The molecule has 7 heteroatoms. The lowest BCUT2D eigenvalue weighted by atomic mass is 10.2. The Morgan fingerprint density at radius 3 is 2.22 bits per heavy atom. The number of esters is 1. The van der Waals surface area contributed by atoms with Crippen molar-refractivity contribution in [1.29, 1.82) is 0 Å². The van der Waals surface area contributed by atoms with E-state index in [1.165, 1.54) is 14.0 Å². The lowest BCUT2D eigenvalue weighted by molar-refractivity contribution is -0.142. The minimum Gasteiger partial charge on any atom is -0.445 e. The molecule has 18 heavy (non-hydrogen) atoms. The number of rotatable bonds is 4. The molecular formula is C11H20N2O5. The molecule has 0 spiro atoms. The first-order valence-corrected chi connectivity index (χ1v) is 5.46. The second-order valence-electron chi connectivity index (χ2n) is 4.72. The Balaban J connectivity index is 4.00. The van der Waals surface area contributed by atoms with Crippen molar-refractivity contribution in [1.82, 2.24) is 10.2 Å². The van der Waals surface area contributed by atoms with E-state index in [0.29, 0.717) is 0 Å². The molecule has 0 aromatic heterocycles. The van der Waals surface area contributed by atoms with Crippen LogP contribution in [0, 0.1) is 0 Å². The molecule has 0 heterocycles. The molecule has 0 bridgehead atoms. The second-order valence-corrected chi connectivity index (χ2v) is 4.72. The number of carbonyl (C=O) groups excluding carboxylic acids is 3. The minimum absolute atomic E-state index is 0.170. The molecule has 0 aliphatic carbocycles. The van der Waals surface area contributed by atoms with Crippen LogP contribution in [0.25, 0.3) is 0 Å². The first-order chi connectivity index (χ1) is 8.11. The SMILES string of the molecule is CC(=O)OCNC(=O)CN(C)C(=O)OC(C)(C)C. The molecule has 0 unspecified atom stereocenters. The predicted octanol–water partition coefficient (Wildman–Crippen LogP) is 0.490. The van der Waals surface area contributed by atoms with Crippen LogP contribution in [0.4, 0.5) is 4.79 Å². The van der Waals surface area contributed by atoms with Crippen molar-refractivity contribution in [3.8, 4) is 0 Å². The quantitative estimate of drug-likeness (QED) is 0.587. The van der Waals surface area contributed by atoms with Crippen LogP contribution in [0.3, 0.4) is 0 Å². The number of hydrogen-bond acceptors (Lipinski definition) is 5. The Kier molecular flexibility index (Phi) is 6.15. The predicted molar refractivity (Wildman–Crippen MR) is 63.6 cm³/mol. The summed E-state index contributed by atoms with van der Waals surface area (Å²) in [5.74, 6) is -0.930. The number of carbonyl (C=O) groups is 3. The van der Waals surface area contributed by atoms with Crippen molar-refractivity contribution in [2.75, 3.05) is 20.3 Å². The number of amides is 2. The highest BCUT2D eigenvalue weighted by Gasteiger charge is 2.20. The highest BCUT2D eigenvalue weighted by atomic mass is 16.6. The summed E-state index contributed by atoms with van der Waals surface area (Å²) in [4.78, 5) is 34.5. The molecule has 0 aromatic carbocycles. The van der Waals surface area contributed by atoms with Crippen molar-refractivity contribution in [3.63, 3.8) is 0 Å². The first-order valence-electron chi connectivity index (χ1n) is 5.46. The van der Waals surface area contributed by atoms with Crippen LogP contribution in [-0.2, 0) is 19.1 Å². The van der Waals surface area contributed by atoms with Crippen molar-refractivity contribution in [3.05, 3.63) is 0 Å². The number of ether oxygens (including phenoxy) is 2. The van der Waals surface area contributed by atoms with Gasteiger partial charge in [-0.25, -0.2) is 4.79 Å². The van der Waals surface area contributed by atoms with E-state index >= 15 is 0 Å². The molecule has 1 N–H and O–H groups in total. The van der Waals surface area contributed by atoms with Crippen molar-refractivity contribution < 1.29 is 23.9 Å². The molecule has 0 saturated carbocycles. The zero-order valence-corrected chi connectivity index (χ0v) is 11.4. The molecule has 0 atom stereocenters. The van der Waals surface area contributed by atoms with Gasteiger partial charge in [0.1, 0.15) is 12.1 Å². The van der Waals surface area contributed by atoms with Crippen LogP contribution in [-0.4, -0.2) is 48.8 Å². The summed E-state index contributed by atoms with van der Waals surface area (Å²) >= 11 is 0. The molecular weight excluding hydrogens is 240 g/mol. The van der Waals surface area contributed by atoms with E-state index < -0.39 is 23.6 Å². The summed E-state index contributed by atoms with van der Waals surface area (Å²) in [5.41, 5.74) is -0.612. The Morgan fingerprint density at radius 1 is 1.22 bits per heavy atom. The molecule has 0 aliphatic rings. The fourth-order valence-corrected chi connectivity index (χ4v) is 0.894. The van der Waals surface area contributed by atoms with E-state index in [4.69, 9.17) is 4.74 Å². The van der Waals surface area contributed by atoms with E-state index in [1.807, 2.05) is 0 Å². The van der Waals surface area contributed by atoms with E-state index in [1.54, 1.807) is 20.8 Å². The zero-order valence-electron chi connectivity index (χ0n) is 11.4. The highest BCUT2D eigenvalue weighted by molar-refractivity contribution is 5.82. The third-order valence-electron chi connectivity index (χ3n) is 1.63. The maximum absolute atomic E-state index is 11.5. The maximum atomic E-state index is 11.5. The van der Waals surface area contributed by atoms with E-state index in [2.05, 4.69) is 10.1 Å². The van der Waals surface area contributed by atoms with Gasteiger partial charge in [0.2, 0.25) is 5.91 Å². The highest BCUT2D eigenvalue weighted by Crippen LogP contribution is 2.08. The van der Waals surface area contributed by atoms with Crippen LogP contribution < -0.4 is 5.32 Å². The first kappa shape index (κ1) is 16.2. The average Bonchev–Trinajstić information content (AvgIpc) is 2.13. The van der Waals surface area contributed by atoms with Gasteiger partial charge in [-0.1, -0.05) is 0 Å². The summed E-state index contributed by atoms with van der Waals surface area (Å²) in [6.07, 6.45) is -0.592. The molecule has 104 valence electrons. The number of nitrogens with zero attached hydrogens (tertiary/aromatic N) is 1. The number of nitrogens with one attached hydrogen (secondary N) is 1. The van der Waals surface area contributed by atoms with Crippen LogP contribution in [0.1, 0.15) is 27.7 Å². The van der Waals surface area contributed by atoms with Crippen molar-refractivity contribution in [2.24, 2.45) is 0 Å². The molecule has 0 radical (unpaired) electrons. The van der Waals surface area contributed by atoms with Gasteiger partial charge in [-0.2, -0.15) is 0 Å². The monoisotopic (exact) mass is 260 g/mol. The number of likely N-dealkylation sites (N-methyl/N-ethyl adjacent to an activating group) is 1. The minimum atomic E-state index is -0.612. The van der Waals surface area contributed by atoms with Crippen LogP contribution in [0.5, 0.6) is 0 Å². The molecule has 0 aliphatic heterocycles. The smallest absolute Gasteiger partial charge is 0.410 e. The molecule has 0 aromatic rings. The lowest BCUT2D eigenvalue weighted by Gasteiger charge is -2.24. The normalized spacial score (nSPS) is 10.5. The van der Waals surface area contributed by atoms with Gasteiger partial charge < -0.3 is 19.7 Å². The Bertz CT molecular complexity index is 322. The zero-order chi connectivity index (χ0) is 14.3. The second kappa shape index (κ2) is 6.83. The van der Waals surface area contributed by atoms with E-state index in [0.717, 1.165) is 4.90 Å². The maximum Gasteiger partial charge on any atom is 0.410 e. The van der Waals surface area contributed by atoms with Gasteiger partial charge >= 0.3 is 12.1 Å². The third-order valence-corrected chi connectivity index (χ3v) is 1.63. The van der Waals surface area contributed by atoms with Gasteiger partial charge in [0.05, 0.1) is 0 Å². The van der Waals surface area contributed by atoms with Gasteiger partial charge in [-0.15, -0.1) is 0 Å². The summed E-state index contributed by atoms with van der Waals surface area (Å²) < 4.78 is 9.59. The van der Waals surface area contributed by atoms with E-state index in [9.17, 15) is 14.4 Å². The van der Waals surface area contributed by atoms with Gasteiger partial charge in [0.15, 0.2) is 6.73 Å². The Morgan fingerprint density at radius 2 is 1.78 bits per heavy atom. The summed E-state index contributed by atoms with van der Waals surface area (Å²) in [5, 5.41) is 2.33. The summed E-state index contributed by atoms with van der Waals surface area (Å²) in [6.45, 7) is 6.06. The lowest BCUT2D eigenvalue weighted by Crippen LogP contribution is -2.41. The fourth-order valence-electron chi connectivity index (χ4n) is 0.894. The van der Waals surface area contributed by atoms with Gasteiger partial charge in [-0.3, -0.25) is 9.59 Å². The Hall–Kier alpha value is -1.79. The third kappa shape index (κ3) is 8.37. The molecule has 0 saturated heterocycles. The summed E-state index contributed by atoms with van der Waals surface area (Å²) in [6, 6.07) is 0. The van der Waals surface area contributed by atoms with Crippen molar-refractivity contribution in [2.45, 2.75) is 33.3 Å². The molecule has 7 nitrogen and oxygen atoms in total. The Labute approximate surface area is 106 Å². The van der Waals surface area contributed by atoms with Crippen LogP contribution >= 0.6 is 0 Å². The average molecular weight is 260 g/mol.